The Kier molecular flexibility index (Phi) is 5.42. The van der Waals surface area contributed by atoms with Crippen LogP contribution in [0.1, 0.15) is 17.1 Å². The van der Waals surface area contributed by atoms with Gasteiger partial charge in [0.05, 0.1) is 30.8 Å². The van der Waals surface area contributed by atoms with Crippen molar-refractivity contribution in [2.24, 2.45) is 7.05 Å². The van der Waals surface area contributed by atoms with E-state index >= 15 is 0 Å². The van der Waals surface area contributed by atoms with E-state index < -0.39 is 0 Å². The quantitative estimate of drug-likeness (QED) is 0.360. The van der Waals surface area contributed by atoms with Crippen molar-refractivity contribution in [2.75, 3.05) is 14.2 Å². The van der Waals surface area contributed by atoms with Gasteiger partial charge >= 0.3 is 0 Å². The van der Waals surface area contributed by atoms with Gasteiger partial charge in [-0.3, -0.25) is 9.36 Å². The third-order valence-corrected chi connectivity index (χ3v) is 6.28. The maximum absolute atomic E-state index is 13.5. The molecule has 0 unspecified atom stereocenters. The number of benzene rings is 3. The van der Waals surface area contributed by atoms with Crippen molar-refractivity contribution in [3.63, 3.8) is 0 Å². The van der Waals surface area contributed by atoms with Gasteiger partial charge in [-0.1, -0.05) is 12.1 Å². The molecule has 6 nitrogen and oxygen atoms in total. The van der Waals surface area contributed by atoms with E-state index in [9.17, 15) is 4.79 Å². The summed E-state index contributed by atoms with van der Waals surface area (Å²) in [5.41, 5.74) is 4.54. The summed E-state index contributed by atoms with van der Waals surface area (Å²) in [4.78, 5) is 18.4. The minimum Gasteiger partial charge on any atom is -0.497 e. The second-order valence-corrected chi connectivity index (χ2v) is 8.10. The topological polar surface area (TPSA) is 58.3 Å². The number of rotatable bonds is 5. The third kappa shape index (κ3) is 3.53. The van der Waals surface area contributed by atoms with Crippen molar-refractivity contribution in [3.05, 3.63) is 94.2 Å². The first-order valence-electron chi connectivity index (χ1n) is 11.0. The Morgan fingerprint density at radius 1 is 0.853 bits per heavy atom. The summed E-state index contributed by atoms with van der Waals surface area (Å²) in [6.45, 7) is 2.08. The molecular formula is C28H25N3O3. The van der Waals surface area contributed by atoms with E-state index in [1.807, 2.05) is 73.8 Å². The van der Waals surface area contributed by atoms with E-state index in [-0.39, 0.29) is 5.56 Å². The second-order valence-electron chi connectivity index (χ2n) is 8.10. The highest BCUT2D eigenvalue weighted by Crippen LogP contribution is 2.30. The highest BCUT2D eigenvalue weighted by Gasteiger charge is 2.14. The first-order chi connectivity index (χ1) is 16.5. The molecule has 170 valence electrons. The summed E-state index contributed by atoms with van der Waals surface area (Å²) in [5, 5.41) is 1.65. The monoisotopic (exact) mass is 451 g/mol. The molecule has 0 saturated carbocycles. The Balaban J connectivity index is 1.73. The number of aryl methyl sites for hydroxylation is 1. The van der Waals surface area contributed by atoms with E-state index in [2.05, 4.69) is 17.6 Å². The molecule has 0 saturated heterocycles. The molecule has 0 aliphatic heterocycles. The van der Waals surface area contributed by atoms with Gasteiger partial charge in [0, 0.05) is 29.2 Å². The second kappa shape index (κ2) is 8.56. The number of para-hydroxylation sites is 1. The van der Waals surface area contributed by atoms with Crippen molar-refractivity contribution in [2.45, 2.75) is 6.92 Å². The lowest BCUT2D eigenvalue weighted by Crippen LogP contribution is -2.22. The number of hydrogen-bond donors (Lipinski definition) is 0. The van der Waals surface area contributed by atoms with E-state index in [1.165, 1.54) is 0 Å². The van der Waals surface area contributed by atoms with E-state index in [0.717, 1.165) is 39.3 Å². The van der Waals surface area contributed by atoms with Gasteiger partial charge in [0.2, 0.25) is 0 Å². The fourth-order valence-electron chi connectivity index (χ4n) is 4.32. The van der Waals surface area contributed by atoms with Gasteiger partial charge in [-0.2, -0.15) is 0 Å². The molecule has 0 spiro atoms. The molecule has 0 atom stereocenters. The van der Waals surface area contributed by atoms with Gasteiger partial charge in [-0.15, -0.1) is 0 Å². The zero-order chi connectivity index (χ0) is 23.8. The number of fused-ring (bicyclic) bond motifs is 2. The maximum Gasteiger partial charge on any atom is 0.266 e. The van der Waals surface area contributed by atoms with Crippen LogP contribution in [0.15, 0.2) is 71.5 Å². The van der Waals surface area contributed by atoms with E-state index in [4.69, 9.17) is 14.5 Å². The summed E-state index contributed by atoms with van der Waals surface area (Å²) in [5.74, 6) is 2.07. The van der Waals surface area contributed by atoms with E-state index in [1.54, 1.807) is 24.9 Å². The molecule has 0 amide bonds. The Hall–Kier alpha value is -4.32. The lowest BCUT2D eigenvalue weighted by Gasteiger charge is -2.12. The standard InChI is InChI=1S/C28H25N3O3/c1-18-22(24-17-21(34-4)13-15-26(24)30(18)2)14-16-27-29-25-8-6-5-7-23(25)28(32)31(27)19-9-11-20(33-3)12-10-19/h5-17H,1-4H3/b16-14-. The first kappa shape index (κ1) is 21.5. The van der Waals surface area contributed by atoms with Gasteiger partial charge in [-0.25, -0.2) is 4.98 Å². The summed E-state index contributed by atoms with van der Waals surface area (Å²) < 4.78 is 14.5. The van der Waals surface area contributed by atoms with Crippen molar-refractivity contribution in [3.8, 4) is 17.2 Å². The van der Waals surface area contributed by atoms with Gasteiger partial charge in [0.25, 0.3) is 5.56 Å². The smallest absolute Gasteiger partial charge is 0.266 e. The number of methoxy groups -OCH3 is 2. The zero-order valence-corrected chi connectivity index (χ0v) is 19.6. The van der Waals surface area contributed by atoms with Gasteiger partial charge in [0.1, 0.15) is 17.3 Å². The van der Waals surface area contributed by atoms with Crippen LogP contribution in [-0.4, -0.2) is 28.3 Å². The Morgan fingerprint density at radius 3 is 2.29 bits per heavy atom. The first-order valence-corrected chi connectivity index (χ1v) is 11.0. The van der Waals surface area contributed by atoms with Crippen molar-refractivity contribution in [1.29, 1.82) is 0 Å². The highest BCUT2D eigenvalue weighted by atomic mass is 16.5. The Labute approximate surface area is 197 Å². The van der Waals surface area contributed by atoms with Gasteiger partial charge < -0.3 is 14.0 Å². The maximum atomic E-state index is 13.5. The molecule has 0 fully saturated rings. The van der Waals surface area contributed by atoms with Crippen LogP contribution in [-0.2, 0) is 7.05 Å². The highest BCUT2D eigenvalue weighted by molar-refractivity contribution is 5.94. The molecule has 2 heterocycles. The average Bonchev–Trinajstić information content (AvgIpc) is 3.11. The number of aromatic nitrogens is 3. The SMILES string of the molecule is COc1ccc(-n2c(/C=C\c3c(C)n(C)c4ccc(OC)cc34)nc3ccccc3c2=O)cc1. The average molecular weight is 452 g/mol. The summed E-state index contributed by atoms with van der Waals surface area (Å²) in [6, 6.07) is 20.9. The number of nitrogens with zero attached hydrogens (tertiary/aromatic N) is 3. The van der Waals surface area contributed by atoms with Crippen molar-refractivity contribution < 1.29 is 9.47 Å². The fraction of sp³-hybridized carbons (Fsp3) is 0.143. The molecule has 6 heteroatoms. The molecule has 5 aromatic rings. The molecular weight excluding hydrogens is 426 g/mol. The third-order valence-electron chi connectivity index (χ3n) is 6.28. The predicted molar refractivity (Wildman–Crippen MR) is 137 cm³/mol. The summed E-state index contributed by atoms with van der Waals surface area (Å²) in [6.07, 6.45) is 3.92. The largest absolute Gasteiger partial charge is 0.497 e. The predicted octanol–water partition coefficient (Wildman–Crippen LogP) is 5.37. The van der Waals surface area contributed by atoms with Crippen LogP contribution in [0.2, 0.25) is 0 Å². The lowest BCUT2D eigenvalue weighted by atomic mass is 10.1. The van der Waals surface area contributed by atoms with Crippen LogP contribution in [0, 0.1) is 6.92 Å². The minimum atomic E-state index is -0.119. The van der Waals surface area contributed by atoms with Gasteiger partial charge in [0.15, 0.2) is 0 Å². The molecule has 0 N–H and O–H groups in total. The fourth-order valence-corrected chi connectivity index (χ4v) is 4.32. The van der Waals surface area contributed by atoms with E-state index in [0.29, 0.717) is 16.7 Å². The van der Waals surface area contributed by atoms with Crippen molar-refractivity contribution in [1.82, 2.24) is 14.1 Å². The molecule has 0 aliphatic carbocycles. The summed E-state index contributed by atoms with van der Waals surface area (Å²) in [7, 11) is 5.33. The van der Waals surface area contributed by atoms with Crippen LogP contribution in [0.25, 0.3) is 39.6 Å². The van der Waals surface area contributed by atoms with Crippen LogP contribution in [0.4, 0.5) is 0 Å². The molecule has 0 bridgehead atoms. The van der Waals surface area contributed by atoms with Crippen LogP contribution < -0.4 is 15.0 Å². The van der Waals surface area contributed by atoms with Crippen LogP contribution in [0.3, 0.4) is 0 Å². The van der Waals surface area contributed by atoms with Crippen LogP contribution in [0.5, 0.6) is 11.5 Å². The normalized spacial score (nSPS) is 11.5. The number of hydrogen-bond acceptors (Lipinski definition) is 4. The molecule has 34 heavy (non-hydrogen) atoms. The Morgan fingerprint density at radius 2 is 1.56 bits per heavy atom. The Bertz CT molecular complexity index is 1610. The molecule has 2 aromatic heterocycles. The lowest BCUT2D eigenvalue weighted by molar-refractivity contribution is 0.414. The molecule has 5 rings (SSSR count). The van der Waals surface area contributed by atoms with Crippen molar-refractivity contribution >= 4 is 34.0 Å². The molecule has 0 aliphatic rings. The molecule has 3 aromatic carbocycles. The number of ether oxygens (including phenoxy) is 2. The minimum absolute atomic E-state index is 0.119. The summed E-state index contributed by atoms with van der Waals surface area (Å²) >= 11 is 0. The molecule has 0 radical (unpaired) electrons. The van der Waals surface area contributed by atoms with Gasteiger partial charge in [-0.05, 0) is 73.7 Å². The van der Waals surface area contributed by atoms with Crippen LogP contribution >= 0.6 is 0 Å². The zero-order valence-electron chi connectivity index (χ0n) is 19.6.